The first-order chi connectivity index (χ1) is 15.3. The van der Waals surface area contributed by atoms with Gasteiger partial charge in [0, 0.05) is 37.8 Å². The molecule has 0 amide bonds. The third kappa shape index (κ3) is 3.73. The molecule has 0 spiro atoms. The summed E-state index contributed by atoms with van der Waals surface area (Å²) in [5.74, 6) is 0.796. The summed E-state index contributed by atoms with van der Waals surface area (Å²) < 4.78 is 15.2. The first kappa shape index (κ1) is 19.8. The van der Waals surface area contributed by atoms with Gasteiger partial charge < -0.3 is 18.6 Å². The van der Waals surface area contributed by atoms with Crippen LogP contribution in [0.2, 0.25) is 0 Å². The minimum absolute atomic E-state index is 0.0322. The molecule has 0 aliphatic carbocycles. The zero-order valence-electron chi connectivity index (χ0n) is 17.8. The molecule has 0 bridgehead atoms. The monoisotopic (exact) mass is 417 g/mol. The van der Waals surface area contributed by atoms with E-state index in [1.54, 1.807) is 11.7 Å². The molecule has 1 fully saturated rings. The van der Waals surface area contributed by atoms with Crippen LogP contribution < -0.4 is 10.3 Å². The molecule has 1 aliphatic rings. The molecule has 0 unspecified atom stereocenters. The van der Waals surface area contributed by atoms with E-state index in [4.69, 9.17) is 9.47 Å². The van der Waals surface area contributed by atoms with Crippen molar-refractivity contribution >= 4 is 21.8 Å². The summed E-state index contributed by atoms with van der Waals surface area (Å²) in [6, 6.07) is 18.1. The van der Waals surface area contributed by atoms with E-state index in [-0.39, 0.29) is 5.56 Å². The lowest BCUT2D eigenvalue weighted by Crippen LogP contribution is -2.38. The summed E-state index contributed by atoms with van der Waals surface area (Å²) in [6.45, 7) is 5.70. The van der Waals surface area contributed by atoms with Gasteiger partial charge in [-0.25, -0.2) is 0 Å². The van der Waals surface area contributed by atoms with Gasteiger partial charge in [0.2, 0.25) is 0 Å². The molecule has 0 atom stereocenters. The first-order valence-electron chi connectivity index (χ1n) is 10.8. The van der Waals surface area contributed by atoms with Gasteiger partial charge in [-0.1, -0.05) is 42.5 Å². The normalized spacial score (nSPS) is 15.0. The Morgan fingerprint density at radius 3 is 2.55 bits per heavy atom. The number of ether oxygens (including phenoxy) is 2. The van der Waals surface area contributed by atoms with Crippen LogP contribution in [0.1, 0.15) is 5.56 Å². The SMILES string of the molecule is COc1cccc2c3c(=O)n(Cc4ccccc4)ccc3n(CCN3CCOCC3)c12. The summed E-state index contributed by atoms with van der Waals surface area (Å²) in [4.78, 5) is 16.0. The predicted molar refractivity (Wildman–Crippen MR) is 123 cm³/mol. The molecule has 1 aliphatic heterocycles. The minimum Gasteiger partial charge on any atom is -0.495 e. The number of hydrogen-bond acceptors (Lipinski definition) is 4. The van der Waals surface area contributed by atoms with Crippen molar-refractivity contribution in [3.63, 3.8) is 0 Å². The molecule has 160 valence electrons. The van der Waals surface area contributed by atoms with Gasteiger partial charge in [-0.15, -0.1) is 0 Å². The van der Waals surface area contributed by atoms with E-state index >= 15 is 0 Å². The standard InChI is InChI=1S/C25H27N3O3/c1-30-22-9-5-8-20-23-21(28(24(20)22)13-12-26-14-16-31-17-15-26)10-11-27(25(23)29)18-19-6-3-2-4-7-19/h2-11H,12-18H2,1H3. The third-order valence-electron chi connectivity index (χ3n) is 6.13. The number of benzene rings is 2. The minimum atomic E-state index is 0.0322. The largest absolute Gasteiger partial charge is 0.495 e. The fraction of sp³-hybridized carbons (Fsp3) is 0.320. The summed E-state index contributed by atoms with van der Waals surface area (Å²) in [6.07, 6.45) is 1.91. The van der Waals surface area contributed by atoms with Gasteiger partial charge in [0.15, 0.2) is 0 Å². The summed E-state index contributed by atoms with van der Waals surface area (Å²) in [7, 11) is 1.69. The van der Waals surface area contributed by atoms with Gasteiger partial charge in [-0.2, -0.15) is 0 Å². The first-order valence-corrected chi connectivity index (χ1v) is 10.8. The lowest BCUT2D eigenvalue weighted by atomic mass is 10.1. The number of aromatic nitrogens is 2. The van der Waals surface area contributed by atoms with Gasteiger partial charge in [0.25, 0.3) is 5.56 Å². The Morgan fingerprint density at radius 1 is 0.968 bits per heavy atom. The number of hydrogen-bond donors (Lipinski definition) is 0. The number of fused-ring (bicyclic) bond motifs is 3. The van der Waals surface area contributed by atoms with Crippen LogP contribution in [-0.2, 0) is 17.8 Å². The Bertz CT molecular complexity index is 1250. The molecule has 6 nitrogen and oxygen atoms in total. The number of pyridine rings is 1. The predicted octanol–water partition coefficient (Wildman–Crippen LogP) is 3.35. The lowest BCUT2D eigenvalue weighted by Gasteiger charge is -2.27. The van der Waals surface area contributed by atoms with Crippen LogP contribution in [0.3, 0.4) is 0 Å². The molecule has 31 heavy (non-hydrogen) atoms. The highest BCUT2D eigenvalue weighted by atomic mass is 16.5. The highest BCUT2D eigenvalue weighted by Gasteiger charge is 2.19. The Hall–Kier alpha value is -3.09. The van der Waals surface area contributed by atoms with E-state index in [0.29, 0.717) is 6.54 Å². The van der Waals surface area contributed by atoms with Gasteiger partial charge in [-0.3, -0.25) is 9.69 Å². The van der Waals surface area contributed by atoms with Gasteiger partial charge >= 0.3 is 0 Å². The molecular weight excluding hydrogens is 390 g/mol. The van der Waals surface area contributed by atoms with Crippen molar-refractivity contribution in [2.45, 2.75) is 13.1 Å². The highest BCUT2D eigenvalue weighted by Crippen LogP contribution is 2.33. The molecule has 0 saturated carbocycles. The molecule has 1 saturated heterocycles. The quantitative estimate of drug-likeness (QED) is 0.483. The Morgan fingerprint density at radius 2 is 1.77 bits per heavy atom. The summed E-state index contributed by atoms with van der Waals surface area (Å²) in [5, 5.41) is 1.71. The molecule has 5 rings (SSSR count). The molecule has 3 heterocycles. The third-order valence-corrected chi connectivity index (χ3v) is 6.13. The maximum absolute atomic E-state index is 13.5. The van der Waals surface area contributed by atoms with Crippen molar-refractivity contribution in [3.8, 4) is 5.75 Å². The van der Waals surface area contributed by atoms with Crippen molar-refractivity contribution in [3.05, 3.63) is 76.7 Å². The number of rotatable bonds is 6. The van der Waals surface area contributed by atoms with E-state index in [2.05, 4.69) is 15.5 Å². The molecule has 2 aromatic carbocycles. The fourth-order valence-electron chi connectivity index (χ4n) is 4.53. The summed E-state index contributed by atoms with van der Waals surface area (Å²) >= 11 is 0. The zero-order valence-corrected chi connectivity index (χ0v) is 17.8. The average molecular weight is 418 g/mol. The van der Waals surface area contributed by atoms with Crippen molar-refractivity contribution in [2.75, 3.05) is 40.0 Å². The number of morpholine rings is 1. The van der Waals surface area contributed by atoms with Crippen molar-refractivity contribution in [1.29, 1.82) is 0 Å². The lowest BCUT2D eigenvalue weighted by molar-refractivity contribution is 0.0366. The Kier molecular flexibility index (Phi) is 5.49. The van der Waals surface area contributed by atoms with Crippen LogP contribution >= 0.6 is 0 Å². The van der Waals surface area contributed by atoms with E-state index in [1.165, 1.54) is 0 Å². The topological polar surface area (TPSA) is 48.6 Å². The second kappa shape index (κ2) is 8.57. The van der Waals surface area contributed by atoms with Crippen LogP contribution in [0, 0.1) is 0 Å². The molecule has 2 aromatic heterocycles. The molecule has 0 radical (unpaired) electrons. The molecular formula is C25H27N3O3. The smallest absolute Gasteiger partial charge is 0.260 e. The van der Waals surface area contributed by atoms with Crippen LogP contribution in [0.15, 0.2) is 65.6 Å². The van der Waals surface area contributed by atoms with Gasteiger partial charge in [0.1, 0.15) is 5.75 Å². The van der Waals surface area contributed by atoms with Crippen LogP contribution in [0.4, 0.5) is 0 Å². The van der Waals surface area contributed by atoms with E-state index in [9.17, 15) is 4.79 Å². The molecule has 6 heteroatoms. The Balaban J connectivity index is 1.62. The van der Waals surface area contributed by atoms with Gasteiger partial charge in [0.05, 0.1) is 43.3 Å². The fourth-order valence-corrected chi connectivity index (χ4v) is 4.53. The Labute approximate surface area is 181 Å². The number of nitrogens with zero attached hydrogens (tertiary/aromatic N) is 3. The molecule has 4 aromatic rings. The maximum Gasteiger partial charge on any atom is 0.260 e. The highest BCUT2D eigenvalue weighted by molar-refractivity contribution is 6.09. The van der Waals surface area contributed by atoms with E-state index in [1.807, 2.05) is 54.7 Å². The second-order valence-corrected chi connectivity index (χ2v) is 7.96. The van der Waals surface area contributed by atoms with Crippen LogP contribution in [0.25, 0.3) is 21.8 Å². The number of para-hydroxylation sites is 1. The van der Waals surface area contributed by atoms with Gasteiger partial charge in [-0.05, 0) is 17.7 Å². The van der Waals surface area contributed by atoms with Crippen molar-refractivity contribution in [2.24, 2.45) is 0 Å². The maximum atomic E-state index is 13.5. The van der Waals surface area contributed by atoms with E-state index in [0.717, 1.165) is 72.5 Å². The van der Waals surface area contributed by atoms with E-state index < -0.39 is 0 Å². The van der Waals surface area contributed by atoms with Crippen molar-refractivity contribution in [1.82, 2.24) is 14.0 Å². The van der Waals surface area contributed by atoms with Crippen molar-refractivity contribution < 1.29 is 9.47 Å². The molecule has 0 N–H and O–H groups in total. The summed E-state index contributed by atoms with van der Waals surface area (Å²) in [5.41, 5.74) is 3.09. The average Bonchev–Trinajstić information content (AvgIpc) is 3.15. The van der Waals surface area contributed by atoms with Crippen LogP contribution in [0.5, 0.6) is 5.75 Å². The number of methoxy groups -OCH3 is 1. The zero-order chi connectivity index (χ0) is 21.2. The second-order valence-electron chi connectivity index (χ2n) is 7.96. The van der Waals surface area contributed by atoms with Crippen LogP contribution in [-0.4, -0.2) is 54.0 Å².